The number of fused-ring (bicyclic) bond motifs is 3. The highest BCUT2D eigenvalue weighted by atomic mass is 16.6. The van der Waals surface area contributed by atoms with Gasteiger partial charge in [-0.05, 0) is 25.5 Å². The molecule has 0 saturated carbocycles. The van der Waals surface area contributed by atoms with E-state index in [2.05, 4.69) is 37.4 Å². The molecular weight excluding hydrogens is 214 g/mol. The lowest BCUT2D eigenvalue weighted by atomic mass is 10.0. The molecule has 3 heteroatoms. The molecule has 90 valence electrons. The van der Waals surface area contributed by atoms with Gasteiger partial charge >= 0.3 is 0 Å². The molecule has 2 heterocycles. The Labute approximate surface area is 101 Å². The zero-order chi connectivity index (χ0) is 11.8. The van der Waals surface area contributed by atoms with Gasteiger partial charge in [0.15, 0.2) is 11.5 Å². The van der Waals surface area contributed by atoms with Gasteiger partial charge in [-0.3, -0.25) is 0 Å². The summed E-state index contributed by atoms with van der Waals surface area (Å²) >= 11 is 0. The van der Waals surface area contributed by atoms with Crippen LogP contribution in [0.4, 0.5) is 5.69 Å². The molecule has 1 aromatic rings. The van der Waals surface area contributed by atoms with E-state index in [9.17, 15) is 0 Å². The van der Waals surface area contributed by atoms with E-state index in [4.69, 9.17) is 9.47 Å². The van der Waals surface area contributed by atoms with E-state index < -0.39 is 0 Å². The molecule has 3 nitrogen and oxygen atoms in total. The zero-order valence-electron chi connectivity index (χ0n) is 10.2. The van der Waals surface area contributed by atoms with E-state index in [1.54, 1.807) is 0 Å². The number of nitrogens with one attached hydrogen (secondary N) is 1. The topological polar surface area (TPSA) is 30.5 Å². The Morgan fingerprint density at radius 1 is 1.41 bits per heavy atom. The van der Waals surface area contributed by atoms with Crippen LogP contribution >= 0.6 is 0 Å². The first-order chi connectivity index (χ1) is 8.28. The van der Waals surface area contributed by atoms with Crippen LogP contribution in [0, 0.1) is 0 Å². The summed E-state index contributed by atoms with van der Waals surface area (Å²) in [5, 5.41) is 3.42. The molecule has 2 atom stereocenters. The lowest BCUT2D eigenvalue weighted by Crippen LogP contribution is -2.29. The summed E-state index contributed by atoms with van der Waals surface area (Å²) in [6.07, 6.45) is 5.40. The number of hydrogen-bond acceptors (Lipinski definition) is 3. The van der Waals surface area contributed by atoms with Gasteiger partial charge in [0.2, 0.25) is 0 Å². The molecule has 2 aliphatic rings. The van der Waals surface area contributed by atoms with Crippen molar-refractivity contribution in [3.8, 4) is 11.5 Å². The SMILES string of the molecule is CC[C@H]1COc2ccc3c(c2O1)C=CC(C)N3. The first-order valence-electron chi connectivity index (χ1n) is 6.19. The van der Waals surface area contributed by atoms with E-state index in [0.29, 0.717) is 12.6 Å². The van der Waals surface area contributed by atoms with Crippen LogP contribution in [-0.4, -0.2) is 18.8 Å². The van der Waals surface area contributed by atoms with Gasteiger partial charge < -0.3 is 14.8 Å². The van der Waals surface area contributed by atoms with Crippen molar-refractivity contribution >= 4 is 11.8 Å². The lowest BCUT2D eigenvalue weighted by molar-refractivity contribution is 0.0882. The molecule has 0 radical (unpaired) electrons. The quantitative estimate of drug-likeness (QED) is 0.805. The second-order valence-electron chi connectivity index (χ2n) is 4.61. The summed E-state index contributed by atoms with van der Waals surface area (Å²) in [5.41, 5.74) is 2.23. The number of benzene rings is 1. The first-order valence-corrected chi connectivity index (χ1v) is 6.19. The molecule has 0 aliphatic carbocycles. The molecular formula is C14H17NO2. The third-order valence-corrected chi connectivity index (χ3v) is 3.26. The van der Waals surface area contributed by atoms with Crippen molar-refractivity contribution in [1.29, 1.82) is 0 Å². The Hall–Kier alpha value is -1.64. The molecule has 0 aromatic heterocycles. The second-order valence-corrected chi connectivity index (χ2v) is 4.61. The first kappa shape index (κ1) is 10.5. The highest BCUT2D eigenvalue weighted by Crippen LogP contribution is 2.42. The molecule has 1 unspecified atom stereocenters. The summed E-state index contributed by atoms with van der Waals surface area (Å²) in [4.78, 5) is 0. The van der Waals surface area contributed by atoms with Gasteiger partial charge in [-0.1, -0.05) is 19.1 Å². The molecule has 2 aliphatic heterocycles. The smallest absolute Gasteiger partial charge is 0.171 e. The van der Waals surface area contributed by atoms with Gasteiger partial charge in [-0.2, -0.15) is 0 Å². The maximum atomic E-state index is 6.00. The number of ether oxygens (including phenoxy) is 2. The Bertz CT molecular complexity index is 468. The second kappa shape index (κ2) is 3.99. The Morgan fingerprint density at radius 3 is 3.12 bits per heavy atom. The summed E-state index contributed by atoms with van der Waals surface area (Å²) < 4.78 is 11.7. The average molecular weight is 231 g/mol. The van der Waals surface area contributed by atoms with Crippen LogP contribution in [0.2, 0.25) is 0 Å². The van der Waals surface area contributed by atoms with Crippen molar-refractivity contribution < 1.29 is 9.47 Å². The molecule has 17 heavy (non-hydrogen) atoms. The van der Waals surface area contributed by atoms with Gasteiger partial charge in [0, 0.05) is 17.3 Å². The number of anilines is 1. The van der Waals surface area contributed by atoms with E-state index in [1.807, 2.05) is 6.07 Å². The van der Waals surface area contributed by atoms with Gasteiger partial charge in [0.25, 0.3) is 0 Å². The van der Waals surface area contributed by atoms with Crippen molar-refractivity contribution in [3.05, 3.63) is 23.8 Å². The maximum absolute atomic E-state index is 6.00. The van der Waals surface area contributed by atoms with Crippen molar-refractivity contribution in [1.82, 2.24) is 0 Å². The van der Waals surface area contributed by atoms with Gasteiger partial charge in [0.05, 0.1) is 0 Å². The standard InChI is InChI=1S/C14H17NO2/c1-3-10-8-16-13-7-6-12-11(14(13)17-10)5-4-9(2)15-12/h4-7,9-10,15H,3,8H2,1-2H3/t9?,10-/m0/s1. The van der Waals surface area contributed by atoms with E-state index in [-0.39, 0.29) is 6.10 Å². The highest BCUT2D eigenvalue weighted by molar-refractivity contribution is 5.78. The average Bonchev–Trinajstić information content (AvgIpc) is 2.37. The van der Waals surface area contributed by atoms with Gasteiger partial charge in [-0.25, -0.2) is 0 Å². The van der Waals surface area contributed by atoms with Gasteiger partial charge in [-0.15, -0.1) is 0 Å². The normalized spacial score (nSPS) is 25.1. The molecule has 1 N–H and O–H groups in total. The molecule has 0 spiro atoms. The van der Waals surface area contributed by atoms with Crippen LogP contribution in [0.3, 0.4) is 0 Å². The van der Waals surface area contributed by atoms with Crippen LogP contribution in [0.25, 0.3) is 6.08 Å². The molecule has 0 amide bonds. The minimum atomic E-state index is 0.168. The molecule has 0 bridgehead atoms. The van der Waals surface area contributed by atoms with Crippen molar-refractivity contribution in [3.63, 3.8) is 0 Å². The van der Waals surface area contributed by atoms with E-state index >= 15 is 0 Å². The lowest BCUT2D eigenvalue weighted by Gasteiger charge is -2.29. The Kier molecular flexibility index (Phi) is 2.46. The van der Waals surface area contributed by atoms with E-state index in [1.165, 1.54) is 0 Å². The van der Waals surface area contributed by atoms with Crippen LogP contribution in [0.15, 0.2) is 18.2 Å². The minimum absolute atomic E-state index is 0.168. The molecule has 3 rings (SSSR count). The van der Waals surface area contributed by atoms with Crippen LogP contribution < -0.4 is 14.8 Å². The Morgan fingerprint density at radius 2 is 2.29 bits per heavy atom. The van der Waals surface area contributed by atoms with Crippen LogP contribution in [-0.2, 0) is 0 Å². The third kappa shape index (κ3) is 1.75. The fraction of sp³-hybridized carbons (Fsp3) is 0.429. The third-order valence-electron chi connectivity index (χ3n) is 3.26. The molecule has 1 aromatic carbocycles. The fourth-order valence-electron chi connectivity index (χ4n) is 2.22. The molecule has 0 saturated heterocycles. The monoisotopic (exact) mass is 231 g/mol. The predicted molar refractivity (Wildman–Crippen MR) is 68.8 cm³/mol. The summed E-state index contributed by atoms with van der Waals surface area (Å²) in [7, 11) is 0. The van der Waals surface area contributed by atoms with Gasteiger partial charge in [0.1, 0.15) is 12.7 Å². The number of hydrogen-bond donors (Lipinski definition) is 1. The largest absolute Gasteiger partial charge is 0.486 e. The van der Waals surface area contributed by atoms with Crippen molar-refractivity contribution in [2.75, 3.05) is 11.9 Å². The van der Waals surface area contributed by atoms with Crippen molar-refractivity contribution in [2.24, 2.45) is 0 Å². The molecule has 0 fully saturated rings. The minimum Gasteiger partial charge on any atom is -0.486 e. The maximum Gasteiger partial charge on any atom is 0.171 e. The number of rotatable bonds is 1. The highest BCUT2D eigenvalue weighted by Gasteiger charge is 2.24. The van der Waals surface area contributed by atoms with Crippen LogP contribution in [0.1, 0.15) is 25.8 Å². The van der Waals surface area contributed by atoms with Crippen LogP contribution in [0.5, 0.6) is 11.5 Å². The fourth-order valence-corrected chi connectivity index (χ4v) is 2.22. The zero-order valence-corrected chi connectivity index (χ0v) is 10.2. The van der Waals surface area contributed by atoms with E-state index in [0.717, 1.165) is 29.2 Å². The summed E-state index contributed by atoms with van der Waals surface area (Å²) in [6.45, 7) is 4.89. The van der Waals surface area contributed by atoms with Crippen molar-refractivity contribution in [2.45, 2.75) is 32.4 Å². The Balaban J connectivity index is 2.04. The predicted octanol–water partition coefficient (Wildman–Crippen LogP) is 3.06. The summed E-state index contributed by atoms with van der Waals surface area (Å²) in [5.74, 6) is 1.74. The summed E-state index contributed by atoms with van der Waals surface area (Å²) in [6, 6.07) is 4.41.